The third-order valence-corrected chi connectivity index (χ3v) is 5.59. The Hall–Kier alpha value is -1.65. The molecule has 0 saturated carbocycles. The van der Waals surface area contributed by atoms with E-state index in [1.807, 2.05) is 13.8 Å². The van der Waals surface area contributed by atoms with E-state index >= 15 is 0 Å². The first-order valence-electron chi connectivity index (χ1n) is 9.70. The van der Waals surface area contributed by atoms with E-state index in [1.165, 1.54) is 0 Å². The predicted octanol–water partition coefficient (Wildman–Crippen LogP) is 1.10. The Morgan fingerprint density at radius 3 is 2.48 bits per heavy atom. The first kappa shape index (κ1) is 23.6. The van der Waals surface area contributed by atoms with Crippen LogP contribution in [-0.4, -0.2) is 59.4 Å². The molecule has 2 atom stereocenters. The second-order valence-corrected chi connectivity index (χ2v) is 9.52. The van der Waals surface area contributed by atoms with Crippen molar-refractivity contribution in [2.24, 2.45) is 5.41 Å². The summed E-state index contributed by atoms with van der Waals surface area (Å²) in [5, 5.41) is 4.83. The number of carbonyl (C=O) groups excluding carboxylic acids is 4. The number of hydrogen-bond donors (Lipinski definition) is 2. The van der Waals surface area contributed by atoms with Crippen LogP contribution in [0.3, 0.4) is 0 Å². The number of esters is 1. The maximum absolute atomic E-state index is 12.6. The number of amides is 2. The van der Waals surface area contributed by atoms with Crippen LogP contribution in [-0.2, 0) is 33.4 Å². The highest BCUT2D eigenvalue weighted by molar-refractivity contribution is 8.13. The summed E-state index contributed by atoms with van der Waals surface area (Å²) >= 11 is 0.989. The van der Waals surface area contributed by atoms with E-state index in [2.05, 4.69) is 10.6 Å². The molecule has 2 rings (SSSR count). The number of hydrogen-bond acceptors (Lipinski definition) is 8. The molecular formula is C19H30N2O7S. The average Bonchev–Trinajstić information content (AvgIpc) is 2.99. The van der Waals surface area contributed by atoms with Crippen LogP contribution in [0.15, 0.2) is 0 Å². The summed E-state index contributed by atoms with van der Waals surface area (Å²) in [5.41, 5.74) is -2.14. The molecule has 2 saturated heterocycles. The predicted molar refractivity (Wildman–Crippen MR) is 106 cm³/mol. The Morgan fingerprint density at radius 1 is 1.21 bits per heavy atom. The second kappa shape index (κ2) is 9.01. The van der Waals surface area contributed by atoms with Gasteiger partial charge in [-0.2, -0.15) is 0 Å². The second-order valence-electron chi connectivity index (χ2n) is 8.29. The minimum atomic E-state index is -1.62. The van der Waals surface area contributed by atoms with E-state index in [9.17, 15) is 19.2 Å². The summed E-state index contributed by atoms with van der Waals surface area (Å²) in [6, 6.07) is 0. The summed E-state index contributed by atoms with van der Waals surface area (Å²) in [5.74, 6) is -1.71. The molecule has 2 amide bonds. The van der Waals surface area contributed by atoms with Crippen molar-refractivity contribution in [1.29, 1.82) is 0 Å². The molecule has 29 heavy (non-hydrogen) atoms. The maximum Gasteiger partial charge on any atom is 0.308 e. The lowest BCUT2D eigenvalue weighted by molar-refractivity contribution is -0.304. The van der Waals surface area contributed by atoms with E-state index in [4.69, 9.17) is 14.2 Å². The van der Waals surface area contributed by atoms with Crippen LogP contribution in [0.25, 0.3) is 0 Å². The Kier molecular flexibility index (Phi) is 7.34. The number of cyclic esters (lactones) is 1. The molecule has 2 fully saturated rings. The van der Waals surface area contributed by atoms with Gasteiger partial charge >= 0.3 is 5.97 Å². The molecule has 10 heteroatoms. The summed E-state index contributed by atoms with van der Waals surface area (Å²) < 4.78 is 16.5. The Labute approximate surface area is 175 Å². The van der Waals surface area contributed by atoms with Gasteiger partial charge in [0.1, 0.15) is 6.10 Å². The van der Waals surface area contributed by atoms with Gasteiger partial charge < -0.3 is 24.8 Å². The first-order valence-corrected chi connectivity index (χ1v) is 10.7. The quantitative estimate of drug-likeness (QED) is 0.576. The van der Waals surface area contributed by atoms with Crippen LogP contribution in [0, 0.1) is 5.41 Å². The van der Waals surface area contributed by atoms with Gasteiger partial charge in [-0.25, -0.2) is 0 Å². The molecule has 0 aliphatic carbocycles. The highest BCUT2D eigenvalue weighted by Gasteiger charge is 2.48. The van der Waals surface area contributed by atoms with Gasteiger partial charge in [0.15, 0.2) is 5.79 Å². The zero-order chi connectivity index (χ0) is 21.9. The third kappa shape index (κ3) is 5.93. The molecule has 164 valence electrons. The highest BCUT2D eigenvalue weighted by Crippen LogP contribution is 2.35. The Morgan fingerprint density at radius 2 is 1.90 bits per heavy atom. The van der Waals surface area contributed by atoms with Gasteiger partial charge in [0.25, 0.3) is 10.8 Å². The van der Waals surface area contributed by atoms with Gasteiger partial charge in [-0.3, -0.25) is 19.2 Å². The van der Waals surface area contributed by atoms with E-state index < -0.39 is 40.0 Å². The van der Waals surface area contributed by atoms with Crippen LogP contribution < -0.4 is 10.6 Å². The zero-order valence-corrected chi connectivity index (χ0v) is 18.4. The summed E-state index contributed by atoms with van der Waals surface area (Å²) in [7, 11) is 0. The van der Waals surface area contributed by atoms with Crippen molar-refractivity contribution in [3.05, 3.63) is 0 Å². The van der Waals surface area contributed by atoms with Crippen molar-refractivity contribution >= 4 is 34.7 Å². The fraction of sp³-hybridized carbons (Fsp3) is 0.789. The molecule has 2 aliphatic heterocycles. The molecule has 2 N–H and O–H groups in total. The van der Waals surface area contributed by atoms with E-state index in [0.717, 1.165) is 11.8 Å². The van der Waals surface area contributed by atoms with Gasteiger partial charge in [-0.05, 0) is 19.6 Å². The number of rotatable bonds is 7. The molecule has 0 aromatic rings. The molecule has 0 spiro atoms. The molecule has 2 aliphatic rings. The van der Waals surface area contributed by atoms with Crippen LogP contribution in [0.4, 0.5) is 0 Å². The normalized spacial score (nSPS) is 27.8. The molecule has 0 bridgehead atoms. The number of ether oxygens (including phenoxy) is 3. The molecule has 2 heterocycles. The Bertz CT molecular complexity index is 679. The molecule has 0 aromatic carbocycles. The lowest BCUT2D eigenvalue weighted by Crippen LogP contribution is -2.57. The van der Waals surface area contributed by atoms with Crippen molar-refractivity contribution in [3.63, 3.8) is 0 Å². The molecular weight excluding hydrogens is 400 g/mol. The number of carbonyl (C=O) groups is 4. The Balaban J connectivity index is 1.89. The topological polar surface area (TPSA) is 120 Å². The van der Waals surface area contributed by atoms with Crippen molar-refractivity contribution < 1.29 is 33.4 Å². The molecule has 0 aromatic heterocycles. The fourth-order valence-electron chi connectivity index (χ4n) is 3.11. The minimum absolute atomic E-state index is 0.0566. The van der Waals surface area contributed by atoms with Crippen molar-refractivity contribution in [1.82, 2.24) is 10.6 Å². The SMILES string of the molecule is CCSC(=O)C1(NC(=O)CCNC(=O)C2OC(C)(C)OCC2(C)C)CCC(=O)O1. The van der Waals surface area contributed by atoms with Crippen LogP contribution in [0.1, 0.15) is 53.9 Å². The maximum atomic E-state index is 12.6. The van der Waals surface area contributed by atoms with Gasteiger partial charge in [0, 0.05) is 24.8 Å². The summed E-state index contributed by atoms with van der Waals surface area (Å²) in [6.07, 6.45) is -0.616. The number of thioether (sulfide) groups is 1. The van der Waals surface area contributed by atoms with E-state index in [-0.39, 0.29) is 31.7 Å². The highest BCUT2D eigenvalue weighted by atomic mass is 32.2. The third-order valence-electron chi connectivity index (χ3n) is 4.71. The van der Waals surface area contributed by atoms with Crippen molar-refractivity contribution in [2.45, 2.75) is 71.5 Å². The fourth-order valence-corrected chi connectivity index (χ4v) is 3.80. The van der Waals surface area contributed by atoms with Crippen LogP contribution in [0.5, 0.6) is 0 Å². The van der Waals surface area contributed by atoms with Crippen molar-refractivity contribution in [3.8, 4) is 0 Å². The van der Waals surface area contributed by atoms with Crippen LogP contribution >= 0.6 is 11.8 Å². The van der Waals surface area contributed by atoms with Crippen molar-refractivity contribution in [2.75, 3.05) is 18.9 Å². The van der Waals surface area contributed by atoms with Gasteiger partial charge in [-0.1, -0.05) is 32.5 Å². The van der Waals surface area contributed by atoms with Gasteiger partial charge in [-0.15, -0.1) is 0 Å². The van der Waals surface area contributed by atoms with E-state index in [0.29, 0.717) is 12.4 Å². The number of nitrogens with one attached hydrogen (secondary N) is 2. The zero-order valence-electron chi connectivity index (χ0n) is 17.6. The standard InChI is InChI=1S/C19H30N2O7S/c1-6-29-16(25)19(9-7-13(23)27-19)21-12(22)8-10-20-15(24)14-17(2,3)11-26-18(4,5)28-14/h14H,6-11H2,1-5H3,(H,20,24)(H,21,22). The van der Waals surface area contributed by atoms with Crippen LogP contribution in [0.2, 0.25) is 0 Å². The average molecular weight is 431 g/mol. The van der Waals surface area contributed by atoms with Gasteiger partial charge in [0.2, 0.25) is 11.8 Å². The molecule has 9 nitrogen and oxygen atoms in total. The molecule has 2 unspecified atom stereocenters. The minimum Gasteiger partial charge on any atom is -0.430 e. The lowest BCUT2D eigenvalue weighted by atomic mass is 9.85. The first-order chi connectivity index (χ1) is 13.4. The van der Waals surface area contributed by atoms with Gasteiger partial charge in [0.05, 0.1) is 13.0 Å². The smallest absolute Gasteiger partial charge is 0.308 e. The summed E-state index contributed by atoms with van der Waals surface area (Å²) in [6.45, 7) is 9.44. The lowest BCUT2D eigenvalue weighted by Gasteiger charge is -2.44. The largest absolute Gasteiger partial charge is 0.430 e. The van der Waals surface area contributed by atoms with E-state index in [1.54, 1.807) is 20.8 Å². The molecule has 0 radical (unpaired) electrons. The monoisotopic (exact) mass is 430 g/mol. The summed E-state index contributed by atoms with van der Waals surface area (Å²) in [4.78, 5) is 48.8.